The van der Waals surface area contributed by atoms with Crippen LogP contribution in [0.25, 0.3) is 0 Å². The van der Waals surface area contributed by atoms with Crippen LogP contribution in [0.1, 0.15) is 44.7 Å². The van der Waals surface area contributed by atoms with E-state index in [9.17, 15) is 14.7 Å². The van der Waals surface area contributed by atoms with E-state index in [1.165, 1.54) is 13.1 Å². The summed E-state index contributed by atoms with van der Waals surface area (Å²) in [4.78, 5) is 24.8. The lowest BCUT2D eigenvalue weighted by Gasteiger charge is -2.18. The molecular weight excluding hydrogens is 362 g/mol. The fraction of sp³-hybridized carbons (Fsp3) is 0.333. The molecule has 2 atom stereocenters. The third-order valence-electron chi connectivity index (χ3n) is 4.71. The molecule has 2 aromatic carbocycles. The second-order valence-corrected chi connectivity index (χ2v) is 6.33. The molecule has 0 bridgehead atoms. The van der Waals surface area contributed by atoms with E-state index in [0.29, 0.717) is 17.1 Å². The van der Waals surface area contributed by atoms with Crippen LogP contribution in [0.15, 0.2) is 36.4 Å². The van der Waals surface area contributed by atoms with Crippen molar-refractivity contribution in [1.82, 2.24) is 5.32 Å². The van der Waals surface area contributed by atoms with Gasteiger partial charge in [0.1, 0.15) is 17.6 Å². The van der Waals surface area contributed by atoms with E-state index in [4.69, 9.17) is 14.2 Å². The predicted octanol–water partition coefficient (Wildman–Crippen LogP) is 2.12. The van der Waals surface area contributed by atoms with Gasteiger partial charge in [0, 0.05) is 12.6 Å². The summed E-state index contributed by atoms with van der Waals surface area (Å²) in [6.07, 6.45) is -0.594. The van der Waals surface area contributed by atoms with Crippen molar-refractivity contribution in [3.05, 3.63) is 58.7 Å². The second kappa shape index (κ2) is 8.31. The highest BCUT2D eigenvalue weighted by Crippen LogP contribution is 2.45. The summed E-state index contributed by atoms with van der Waals surface area (Å²) >= 11 is 0. The first-order chi connectivity index (χ1) is 13.5. The first-order valence-electron chi connectivity index (χ1n) is 9.02. The van der Waals surface area contributed by atoms with E-state index >= 15 is 0 Å². The van der Waals surface area contributed by atoms with Gasteiger partial charge < -0.3 is 24.6 Å². The molecule has 2 N–H and O–H groups in total. The van der Waals surface area contributed by atoms with E-state index in [1.807, 2.05) is 24.3 Å². The second-order valence-electron chi connectivity index (χ2n) is 6.33. The highest BCUT2D eigenvalue weighted by Gasteiger charge is 2.39. The molecule has 1 aliphatic rings. The van der Waals surface area contributed by atoms with Crippen LogP contribution in [0.3, 0.4) is 0 Å². The molecule has 0 saturated heterocycles. The first-order valence-corrected chi connectivity index (χ1v) is 9.02. The van der Waals surface area contributed by atoms with Crippen LogP contribution in [0.5, 0.6) is 11.5 Å². The molecule has 3 rings (SSSR count). The lowest BCUT2D eigenvalue weighted by molar-refractivity contribution is 0.0526. The Morgan fingerprint density at radius 1 is 1.25 bits per heavy atom. The summed E-state index contributed by atoms with van der Waals surface area (Å²) in [6.45, 7) is 1.69. The van der Waals surface area contributed by atoms with Crippen LogP contribution in [-0.2, 0) is 4.74 Å². The van der Waals surface area contributed by atoms with Crippen molar-refractivity contribution >= 4 is 11.9 Å². The van der Waals surface area contributed by atoms with Crippen molar-refractivity contribution in [3.63, 3.8) is 0 Å². The van der Waals surface area contributed by atoms with Gasteiger partial charge in [0.05, 0.1) is 37.4 Å². The summed E-state index contributed by atoms with van der Waals surface area (Å²) in [7, 11) is 3.08. The zero-order valence-electron chi connectivity index (χ0n) is 16.0. The Balaban J connectivity index is 2.19. The average molecular weight is 385 g/mol. The zero-order valence-corrected chi connectivity index (χ0v) is 16.0. The Kier molecular flexibility index (Phi) is 5.84. The van der Waals surface area contributed by atoms with Crippen molar-refractivity contribution in [2.45, 2.75) is 18.9 Å². The minimum absolute atomic E-state index is 0.223. The zero-order chi connectivity index (χ0) is 20.3. The van der Waals surface area contributed by atoms with Crippen molar-refractivity contribution in [1.29, 1.82) is 0 Å². The van der Waals surface area contributed by atoms with Crippen LogP contribution in [0.4, 0.5) is 0 Å². The smallest absolute Gasteiger partial charge is 0.338 e. The number of hydrogen-bond acceptors (Lipinski definition) is 6. The minimum Gasteiger partial charge on any atom is -0.497 e. The number of aliphatic hydroxyl groups excluding tert-OH is 1. The largest absolute Gasteiger partial charge is 0.497 e. The number of methoxy groups -OCH3 is 1. The molecule has 2 aromatic rings. The number of nitrogens with one attached hydrogen (secondary N) is 1. The molecule has 7 heteroatoms. The molecule has 0 aromatic heterocycles. The quantitative estimate of drug-likeness (QED) is 0.740. The topological polar surface area (TPSA) is 94.1 Å². The maximum absolute atomic E-state index is 12.4. The summed E-state index contributed by atoms with van der Waals surface area (Å²) in [5, 5.41) is 12.5. The number of aliphatic hydroxyl groups is 1. The molecule has 7 nitrogen and oxygen atoms in total. The molecule has 1 amide bonds. The summed E-state index contributed by atoms with van der Waals surface area (Å²) in [6, 6.07) is 10.5. The highest BCUT2D eigenvalue weighted by molar-refractivity contribution is 6.01. The number of carbonyl (C=O) groups is 2. The third-order valence-corrected chi connectivity index (χ3v) is 4.71. The van der Waals surface area contributed by atoms with Crippen molar-refractivity contribution in [2.75, 3.05) is 27.4 Å². The number of ether oxygens (including phenoxy) is 3. The van der Waals surface area contributed by atoms with Crippen LogP contribution < -0.4 is 14.8 Å². The normalized spacial score (nSPS) is 17.4. The van der Waals surface area contributed by atoms with Gasteiger partial charge in [-0.25, -0.2) is 4.79 Å². The Labute approximate surface area is 163 Å². The van der Waals surface area contributed by atoms with Gasteiger partial charge >= 0.3 is 5.97 Å². The summed E-state index contributed by atoms with van der Waals surface area (Å²) in [5.41, 5.74) is 1.98. The monoisotopic (exact) mass is 385 g/mol. The van der Waals surface area contributed by atoms with Crippen LogP contribution in [-0.4, -0.2) is 50.5 Å². The molecular formula is C21H23NO6. The van der Waals surface area contributed by atoms with Gasteiger partial charge in [-0.15, -0.1) is 0 Å². The number of fused-ring (bicyclic) bond motifs is 1. The van der Waals surface area contributed by atoms with E-state index in [0.717, 1.165) is 5.56 Å². The number of esters is 1. The number of hydrogen-bond donors (Lipinski definition) is 2. The lowest BCUT2D eigenvalue weighted by atomic mass is 9.86. The van der Waals surface area contributed by atoms with E-state index < -0.39 is 12.1 Å². The standard InChI is InChI=1S/C21H23NO6/c1-4-27-21(25)13-9-15-18(12-6-5-7-14(8-12)26-3)17(11-23)28-19(15)16(10-13)20(24)22-2/h5-10,17-18,23H,4,11H2,1-3H3,(H,22,24)/t17-,18+/m0/s1. The fourth-order valence-corrected chi connectivity index (χ4v) is 3.44. The fourth-order valence-electron chi connectivity index (χ4n) is 3.44. The Morgan fingerprint density at radius 2 is 2.04 bits per heavy atom. The molecule has 148 valence electrons. The van der Waals surface area contributed by atoms with Crippen molar-refractivity contribution in [2.24, 2.45) is 0 Å². The van der Waals surface area contributed by atoms with Crippen LogP contribution in [0, 0.1) is 0 Å². The number of benzene rings is 2. The van der Waals surface area contributed by atoms with Gasteiger partial charge in [0.15, 0.2) is 0 Å². The third kappa shape index (κ3) is 3.53. The van der Waals surface area contributed by atoms with E-state index in [1.54, 1.807) is 20.1 Å². The molecule has 0 radical (unpaired) electrons. The summed E-state index contributed by atoms with van der Waals surface area (Å²) < 4.78 is 16.4. The molecule has 0 saturated carbocycles. The van der Waals surface area contributed by atoms with E-state index in [2.05, 4.69) is 5.32 Å². The van der Waals surface area contributed by atoms with Gasteiger partial charge in [0.25, 0.3) is 5.91 Å². The van der Waals surface area contributed by atoms with Gasteiger partial charge in [-0.3, -0.25) is 4.79 Å². The molecule has 0 spiro atoms. The molecule has 28 heavy (non-hydrogen) atoms. The van der Waals surface area contributed by atoms with Crippen molar-refractivity contribution in [3.8, 4) is 11.5 Å². The van der Waals surface area contributed by atoms with E-state index in [-0.39, 0.29) is 36.2 Å². The van der Waals surface area contributed by atoms with Crippen LogP contribution >= 0.6 is 0 Å². The molecule has 1 aliphatic heterocycles. The van der Waals surface area contributed by atoms with Gasteiger partial charge in [0.2, 0.25) is 0 Å². The van der Waals surface area contributed by atoms with Gasteiger partial charge in [-0.1, -0.05) is 12.1 Å². The number of carbonyl (C=O) groups excluding carboxylic acids is 2. The Morgan fingerprint density at radius 3 is 2.68 bits per heavy atom. The first kappa shape index (κ1) is 19.7. The summed E-state index contributed by atoms with van der Waals surface area (Å²) in [5.74, 6) is -0.250. The minimum atomic E-state index is -0.594. The average Bonchev–Trinajstić information content (AvgIpc) is 3.11. The Hall–Kier alpha value is -3.06. The highest BCUT2D eigenvalue weighted by atomic mass is 16.5. The molecule has 0 aliphatic carbocycles. The van der Waals surface area contributed by atoms with Gasteiger partial charge in [-0.2, -0.15) is 0 Å². The van der Waals surface area contributed by atoms with Crippen LogP contribution in [0.2, 0.25) is 0 Å². The molecule has 0 fully saturated rings. The SMILES string of the molecule is CCOC(=O)c1cc(C(=O)NC)c2c(c1)[C@@H](c1cccc(OC)c1)[C@H](CO)O2. The van der Waals surface area contributed by atoms with Crippen molar-refractivity contribution < 1.29 is 28.9 Å². The molecule has 0 unspecified atom stereocenters. The number of rotatable bonds is 6. The maximum Gasteiger partial charge on any atom is 0.338 e. The van der Waals surface area contributed by atoms with Gasteiger partial charge in [-0.05, 0) is 36.8 Å². The maximum atomic E-state index is 12.4. The lowest BCUT2D eigenvalue weighted by Crippen LogP contribution is -2.24. The number of amides is 1. The Bertz CT molecular complexity index is 894. The predicted molar refractivity (Wildman–Crippen MR) is 102 cm³/mol. The molecule has 1 heterocycles.